The van der Waals surface area contributed by atoms with Gasteiger partial charge in [0.1, 0.15) is 5.82 Å². The van der Waals surface area contributed by atoms with Crippen LogP contribution >= 0.6 is 0 Å². The van der Waals surface area contributed by atoms with Crippen molar-refractivity contribution in [2.24, 2.45) is 5.73 Å². The summed E-state index contributed by atoms with van der Waals surface area (Å²) in [5.74, 6) is 1.07. The van der Waals surface area contributed by atoms with Gasteiger partial charge in [-0.05, 0) is 37.0 Å². The second-order valence-electron chi connectivity index (χ2n) is 7.31. The minimum absolute atomic E-state index is 0.0311. The lowest BCUT2D eigenvalue weighted by Gasteiger charge is -2.29. The lowest BCUT2D eigenvalue weighted by atomic mass is 9.95. The van der Waals surface area contributed by atoms with Crippen molar-refractivity contribution >= 4 is 11.7 Å². The summed E-state index contributed by atoms with van der Waals surface area (Å²) in [7, 11) is 0. The Bertz CT molecular complexity index is 758. The number of pyridine rings is 1. The monoisotopic (exact) mass is 350 g/mol. The van der Waals surface area contributed by atoms with Crippen LogP contribution in [0.4, 0.5) is 5.82 Å². The first-order chi connectivity index (χ1) is 12.7. The number of nitrogens with zero attached hydrogens (tertiary/aromatic N) is 3. The molecular formula is C21H26N4O. The molecule has 0 saturated carbocycles. The third-order valence-corrected chi connectivity index (χ3v) is 5.55. The summed E-state index contributed by atoms with van der Waals surface area (Å²) in [6.45, 7) is 3.21. The lowest BCUT2D eigenvalue weighted by Crippen LogP contribution is -2.35. The molecule has 4 rings (SSSR count). The molecule has 3 heterocycles. The summed E-state index contributed by atoms with van der Waals surface area (Å²) in [4.78, 5) is 21.9. The Morgan fingerprint density at radius 1 is 1.00 bits per heavy atom. The summed E-state index contributed by atoms with van der Waals surface area (Å²) >= 11 is 0. The minimum atomic E-state index is -0.0311. The molecule has 1 aromatic heterocycles. The summed E-state index contributed by atoms with van der Waals surface area (Å²) in [6.07, 6.45) is 5.36. The molecule has 0 spiro atoms. The molecule has 0 unspecified atom stereocenters. The van der Waals surface area contributed by atoms with Crippen LogP contribution in [0.2, 0.25) is 0 Å². The Labute approximate surface area is 154 Å². The molecule has 2 aromatic rings. The lowest BCUT2D eigenvalue weighted by molar-refractivity contribution is 0.0789. The van der Waals surface area contributed by atoms with E-state index in [2.05, 4.69) is 22.0 Å². The van der Waals surface area contributed by atoms with E-state index in [0.29, 0.717) is 18.7 Å². The maximum absolute atomic E-state index is 13.2. The molecule has 2 fully saturated rings. The number of aromatic nitrogens is 1. The highest BCUT2D eigenvalue weighted by molar-refractivity contribution is 5.99. The molecule has 0 radical (unpaired) electrons. The van der Waals surface area contributed by atoms with Gasteiger partial charge in [-0.1, -0.05) is 30.3 Å². The van der Waals surface area contributed by atoms with Crippen LogP contribution < -0.4 is 10.6 Å². The molecule has 2 aliphatic heterocycles. The number of piperidine rings is 1. The van der Waals surface area contributed by atoms with Crippen molar-refractivity contribution in [3.63, 3.8) is 0 Å². The van der Waals surface area contributed by atoms with Gasteiger partial charge < -0.3 is 15.5 Å². The Kier molecular flexibility index (Phi) is 4.89. The van der Waals surface area contributed by atoms with E-state index < -0.39 is 0 Å². The van der Waals surface area contributed by atoms with E-state index in [0.717, 1.165) is 31.7 Å². The van der Waals surface area contributed by atoms with Gasteiger partial charge in [0, 0.05) is 44.3 Å². The van der Waals surface area contributed by atoms with Gasteiger partial charge in [-0.2, -0.15) is 0 Å². The standard InChI is InChI=1S/C21H26N4O/c22-19-15-25(14-18(19)16-8-3-1-4-9-16)21(26)17-10-7-11-23-20(17)24-12-5-2-6-13-24/h1,3-4,7-11,18-19H,2,5-6,12-15,22H2/t18-,19+/m0/s1. The molecule has 1 aromatic carbocycles. The second-order valence-corrected chi connectivity index (χ2v) is 7.31. The number of hydrogen-bond acceptors (Lipinski definition) is 4. The van der Waals surface area contributed by atoms with Crippen molar-refractivity contribution in [2.45, 2.75) is 31.2 Å². The topological polar surface area (TPSA) is 62.5 Å². The van der Waals surface area contributed by atoms with E-state index in [1.165, 1.54) is 12.0 Å². The predicted molar refractivity (Wildman–Crippen MR) is 103 cm³/mol. The average Bonchev–Trinajstić information content (AvgIpc) is 3.10. The number of likely N-dealkylation sites (tertiary alicyclic amines) is 1. The van der Waals surface area contributed by atoms with Crippen molar-refractivity contribution in [1.29, 1.82) is 0 Å². The second kappa shape index (κ2) is 7.46. The van der Waals surface area contributed by atoms with Crippen molar-refractivity contribution in [2.75, 3.05) is 31.1 Å². The van der Waals surface area contributed by atoms with Crippen molar-refractivity contribution < 1.29 is 4.79 Å². The zero-order valence-corrected chi connectivity index (χ0v) is 15.1. The van der Waals surface area contributed by atoms with Crippen LogP contribution in [0, 0.1) is 0 Å². The van der Waals surface area contributed by atoms with Gasteiger partial charge in [0.15, 0.2) is 0 Å². The van der Waals surface area contributed by atoms with E-state index in [1.54, 1.807) is 6.20 Å². The average molecular weight is 350 g/mol. The molecule has 136 valence electrons. The number of anilines is 1. The van der Waals surface area contributed by atoms with Gasteiger partial charge in [0.05, 0.1) is 5.56 Å². The third kappa shape index (κ3) is 3.31. The van der Waals surface area contributed by atoms with Crippen LogP contribution in [-0.2, 0) is 0 Å². The minimum Gasteiger partial charge on any atom is -0.356 e. The number of rotatable bonds is 3. The molecule has 2 aliphatic rings. The first-order valence-corrected chi connectivity index (χ1v) is 9.54. The Balaban J connectivity index is 1.55. The number of nitrogens with two attached hydrogens (primary N) is 1. The van der Waals surface area contributed by atoms with Gasteiger partial charge in [-0.15, -0.1) is 0 Å². The highest BCUT2D eigenvalue weighted by atomic mass is 16.2. The summed E-state index contributed by atoms with van der Waals surface area (Å²) in [6, 6.07) is 14.0. The Morgan fingerprint density at radius 2 is 1.77 bits per heavy atom. The quantitative estimate of drug-likeness (QED) is 0.924. The molecule has 2 saturated heterocycles. The smallest absolute Gasteiger partial charge is 0.257 e. The zero-order chi connectivity index (χ0) is 17.9. The van der Waals surface area contributed by atoms with Crippen molar-refractivity contribution in [1.82, 2.24) is 9.88 Å². The fraction of sp³-hybridized carbons (Fsp3) is 0.429. The molecule has 2 N–H and O–H groups in total. The fourth-order valence-corrected chi connectivity index (χ4v) is 4.14. The Hall–Kier alpha value is -2.40. The third-order valence-electron chi connectivity index (χ3n) is 5.55. The SMILES string of the molecule is N[C@@H]1CN(C(=O)c2cccnc2N2CCCCC2)C[C@H]1c1ccccc1. The molecule has 0 bridgehead atoms. The van der Waals surface area contributed by atoms with Crippen molar-refractivity contribution in [3.05, 3.63) is 59.8 Å². The first kappa shape index (κ1) is 17.0. The normalized spacial score (nSPS) is 23.3. The molecule has 5 nitrogen and oxygen atoms in total. The molecule has 2 atom stereocenters. The van der Waals surface area contributed by atoms with Gasteiger partial charge >= 0.3 is 0 Å². The van der Waals surface area contributed by atoms with E-state index in [9.17, 15) is 4.79 Å². The predicted octanol–water partition coefficient (Wildman–Crippen LogP) is 2.64. The van der Waals surface area contributed by atoms with Gasteiger partial charge in [-0.3, -0.25) is 4.79 Å². The van der Waals surface area contributed by atoms with Crippen LogP contribution in [0.25, 0.3) is 0 Å². The number of benzene rings is 1. The molecule has 0 aliphatic carbocycles. The molecular weight excluding hydrogens is 324 g/mol. The van der Waals surface area contributed by atoms with Crippen LogP contribution in [0.3, 0.4) is 0 Å². The fourth-order valence-electron chi connectivity index (χ4n) is 4.14. The van der Waals surface area contributed by atoms with Crippen LogP contribution in [-0.4, -0.2) is 48.0 Å². The summed E-state index contributed by atoms with van der Waals surface area (Å²) < 4.78 is 0. The van der Waals surface area contributed by atoms with Crippen molar-refractivity contribution in [3.8, 4) is 0 Å². The van der Waals surface area contributed by atoms with Gasteiger partial charge in [0.2, 0.25) is 0 Å². The van der Waals surface area contributed by atoms with E-state index in [4.69, 9.17) is 5.73 Å². The maximum atomic E-state index is 13.2. The van der Waals surface area contributed by atoms with Gasteiger partial charge in [-0.25, -0.2) is 4.98 Å². The number of amides is 1. The summed E-state index contributed by atoms with van der Waals surface area (Å²) in [5.41, 5.74) is 8.29. The van der Waals surface area contributed by atoms with Crippen LogP contribution in [0.15, 0.2) is 48.7 Å². The number of carbonyl (C=O) groups is 1. The Morgan fingerprint density at radius 3 is 2.54 bits per heavy atom. The maximum Gasteiger partial charge on any atom is 0.257 e. The molecule has 26 heavy (non-hydrogen) atoms. The molecule has 1 amide bonds. The van der Waals surface area contributed by atoms with E-state index >= 15 is 0 Å². The highest BCUT2D eigenvalue weighted by Crippen LogP contribution is 2.29. The zero-order valence-electron chi connectivity index (χ0n) is 15.1. The number of hydrogen-bond donors (Lipinski definition) is 1. The number of carbonyl (C=O) groups excluding carboxylic acids is 1. The van der Waals surface area contributed by atoms with Gasteiger partial charge in [0.25, 0.3) is 5.91 Å². The van der Waals surface area contributed by atoms with E-state index in [-0.39, 0.29) is 17.9 Å². The van der Waals surface area contributed by atoms with E-state index in [1.807, 2.05) is 35.2 Å². The molecule has 5 heteroatoms. The van der Waals surface area contributed by atoms with Crippen LogP contribution in [0.5, 0.6) is 0 Å². The first-order valence-electron chi connectivity index (χ1n) is 9.54. The highest BCUT2D eigenvalue weighted by Gasteiger charge is 2.35. The summed E-state index contributed by atoms with van der Waals surface area (Å²) in [5, 5.41) is 0. The van der Waals surface area contributed by atoms with Crippen LogP contribution in [0.1, 0.15) is 41.1 Å². The largest absolute Gasteiger partial charge is 0.356 e.